The van der Waals surface area contributed by atoms with Crippen LogP contribution in [0.2, 0.25) is 0 Å². The number of rotatable bonds is 11. The van der Waals surface area contributed by atoms with E-state index >= 15 is 0 Å². The number of hydrogen-bond acceptors (Lipinski definition) is 7. The van der Waals surface area contributed by atoms with Gasteiger partial charge in [0.05, 0.1) is 19.8 Å². The Hall–Kier alpha value is -3.52. The second-order valence-electron chi connectivity index (χ2n) is 9.31. The molecule has 0 N–H and O–H groups in total. The van der Waals surface area contributed by atoms with Gasteiger partial charge in [0.2, 0.25) is 0 Å². The van der Waals surface area contributed by atoms with Crippen molar-refractivity contribution in [1.29, 1.82) is 0 Å². The van der Waals surface area contributed by atoms with Gasteiger partial charge in [-0.15, -0.1) is 0 Å². The molecule has 3 aromatic rings. The van der Waals surface area contributed by atoms with E-state index in [2.05, 4.69) is 0 Å². The molecule has 0 saturated carbocycles. The van der Waals surface area contributed by atoms with Gasteiger partial charge in [-0.3, -0.25) is 9.59 Å². The molecule has 0 bridgehead atoms. The lowest BCUT2D eigenvalue weighted by Crippen LogP contribution is -2.62. The number of ether oxygens (including phenoxy) is 5. The van der Waals surface area contributed by atoms with Crippen LogP contribution < -0.4 is 0 Å². The fourth-order valence-electron chi connectivity index (χ4n) is 4.63. The van der Waals surface area contributed by atoms with Crippen LogP contribution in [0, 0.1) is 0 Å². The molecule has 1 aliphatic heterocycles. The Morgan fingerprint density at radius 3 is 1.63 bits per heavy atom. The number of benzene rings is 3. The molecule has 0 amide bonds. The van der Waals surface area contributed by atoms with E-state index in [1.807, 2.05) is 91.0 Å². The minimum atomic E-state index is -0.844. The van der Waals surface area contributed by atoms with E-state index < -0.39 is 42.5 Å². The quantitative estimate of drug-likeness (QED) is 0.342. The van der Waals surface area contributed by atoms with E-state index in [0.717, 1.165) is 16.7 Å². The van der Waals surface area contributed by atoms with Crippen molar-refractivity contribution in [2.24, 2.45) is 0 Å². The number of carbonyl (C=O) groups excluding carboxylic acids is 2. The maximum Gasteiger partial charge on any atom is 0.303 e. The van der Waals surface area contributed by atoms with Gasteiger partial charge in [0.1, 0.15) is 18.3 Å². The highest BCUT2D eigenvalue weighted by molar-refractivity contribution is 5.67. The first kappa shape index (κ1) is 27.5. The molecule has 200 valence electrons. The Kier molecular flexibility index (Phi) is 10.0. The summed E-state index contributed by atoms with van der Waals surface area (Å²) in [7, 11) is 0. The lowest BCUT2D eigenvalue weighted by atomic mass is 9.90. The van der Waals surface area contributed by atoms with E-state index in [9.17, 15) is 9.59 Å². The van der Waals surface area contributed by atoms with Crippen LogP contribution in [0.3, 0.4) is 0 Å². The SMILES string of the molecule is CC(=O)O[C@@H]1[C@@H](OCc2ccccc2)[C@H](OC(C)=O)[C@@H](COCc2ccccc2)O[C@H]1Cc1ccccc1. The van der Waals surface area contributed by atoms with E-state index in [1.54, 1.807) is 0 Å². The summed E-state index contributed by atoms with van der Waals surface area (Å²) in [5, 5.41) is 0. The summed E-state index contributed by atoms with van der Waals surface area (Å²) in [6.07, 6.45) is -3.11. The van der Waals surface area contributed by atoms with Gasteiger partial charge in [-0.2, -0.15) is 0 Å². The maximum atomic E-state index is 12.2. The monoisotopic (exact) mass is 518 g/mol. The van der Waals surface area contributed by atoms with E-state index in [1.165, 1.54) is 13.8 Å². The minimum Gasteiger partial charge on any atom is -0.457 e. The molecule has 5 atom stereocenters. The lowest BCUT2D eigenvalue weighted by molar-refractivity contribution is -0.259. The standard InChI is InChI=1S/C31H34O7/c1-22(32)36-29-27(18-24-12-6-3-7-13-24)38-28(21-34-19-25-14-8-4-9-15-25)30(37-23(2)33)31(29)35-20-26-16-10-5-11-17-26/h3-17,27-31H,18-21H2,1-2H3/t27-,28+,29-,30+,31+/m0/s1. The first-order valence-electron chi connectivity index (χ1n) is 12.8. The van der Waals surface area contributed by atoms with Gasteiger partial charge in [0.15, 0.2) is 12.2 Å². The zero-order valence-electron chi connectivity index (χ0n) is 21.7. The Labute approximate surface area is 223 Å². The molecule has 3 aromatic carbocycles. The molecule has 1 heterocycles. The zero-order chi connectivity index (χ0) is 26.7. The van der Waals surface area contributed by atoms with Gasteiger partial charge in [0, 0.05) is 20.3 Å². The Morgan fingerprint density at radius 2 is 1.11 bits per heavy atom. The molecule has 0 spiro atoms. The number of esters is 2. The van der Waals surface area contributed by atoms with Crippen molar-refractivity contribution >= 4 is 11.9 Å². The van der Waals surface area contributed by atoms with Gasteiger partial charge in [-0.1, -0.05) is 91.0 Å². The van der Waals surface area contributed by atoms with Crippen LogP contribution in [-0.4, -0.2) is 49.1 Å². The summed E-state index contributed by atoms with van der Waals surface area (Å²) < 4.78 is 30.4. The van der Waals surface area contributed by atoms with Crippen molar-refractivity contribution in [1.82, 2.24) is 0 Å². The third-order valence-corrected chi connectivity index (χ3v) is 6.29. The van der Waals surface area contributed by atoms with Gasteiger partial charge < -0.3 is 23.7 Å². The second-order valence-corrected chi connectivity index (χ2v) is 9.31. The molecular weight excluding hydrogens is 484 g/mol. The fraction of sp³-hybridized carbons (Fsp3) is 0.355. The van der Waals surface area contributed by atoms with Gasteiger partial charge in [-0.05, 0) is 16.7 Å². The molecule has 1 saturated heterocycles. The van der Waals surface area contributed by atoms with Gasteiger partial charge >= 0.3 is 11.9 Å². The Morgan fingerprint density at radius 1 is 0.632 bits per heavy atom. The van der Waals surface area contributed by atoms with Crippen molar-refractivity contribution in [3.8, 4) is 0 Å². The summed E-state index contributed by atoms with van der Waals surface area (Å²) in [6.45, 7) is 3.48. The molecule has 0 radical (unpaired) electrons. The van der Waals surface area contributed by atoms with Crippen LogP contribution in [0.5, 0.6) is 0 Å². The zero-order valence-corrected chi connectivity index (χ0v) is 21.7. The summed E-state index contributed by atoms with van der Waals surface area (Å²) in [5.74, 6) is -0.951. The highest BCUT2D eigenvalue weighted by atomic mass is 16.6. The third kappa shape index (κ3) is 7.99. The van der Waals surface area contributed by atoms with Gasteiger partial charge in [-0.25, -0.2) is 0 Å². The fourth-order valence-corrected chi connectivity index (χ4v) is 4.63. The summed E-state index contributed by atoms with van der Waals surface area (Å²) >= 11 is 0. The smallest absolute Gasteiger partial charge is 0.303 e. The molecule has 4 rings (SSSR count). The molecule has 1 aliphatic rings. The predicted molar refractivity (Wildman–Crippen MR) is 141 cm³/mol. The van der Waals surface area contributed by atoms with E-state index in [0.29, 0.717) is 13.0 Å². The van der Waals surface area contributed by atoms with Crippen LogP contribution in [0.4, 0.5) is 0 Å². The molecule has 0 aliphatic carbocycles. The maximum absolute atomic E-state index is 12.2. The van der Waals surface area contributed by atoms with E-state index in [-0.39, 0.29) is 13.2 Å². The molecule has 1 fully saturated rings. The van der Waals surface area contributed by atoms with E-state index in [4.69, 9.17) is 23.7 Å². The number of carbonyl (C=O) groups is 2. The van der Waals surface area contributed by atoms with Crippen molar-refractivity contribution in [3.63, 3.8) is 0 Å². The van der Waals surface area contributed by atoms with Gasteiger partial charge in [0.25, 0.3) is 0 Å². The van der Waals surface area contributed by atoms with Crippen molar-refractivity contribution in [2.75, 3.05) is 6.61 Å². The second kappa shape index (κ2) is 13.9. The largest absolute Gasteiger partial charge is 0.457 e. The van der Waals surface area contributed by atoms with Crippen LogP contribution in [0.25, 0.3) is 0 Å². The highest BCUT2D eigenvalue weighted by Crippen LogP contribution is 2.31. The number of hydrogen-bond donors (Lipinski definition) is 0. The molecule has 7 nitrogen and oxygen atoms in total. The lowest BCUT2D eigenvalue weighted by Gasteiger charge is -2.45. The molecule has 38 heavy (non-hydrogen) atoms. The Balaban J connectivity index is 1.61. The molecule has 7 heteroatoms. The first-order valence-corrected chi connectivity index (χ1v) is 12.8. The van der Waals surface area contributed by atoms with Crippen LogP contribution in [0.15, 0.2) is 91.0 Å². The third-order valence-electron chi connectivity index (χ3n) is 6.29. The Bertz CT molecular complexity index is 1140. The van der Waals surface area contributed by atoms with Crippen LogP contribution in [0.1, 0.15) is 30.5 Å². The highest BCUT2D eigenvalue weighted by Gasteiger charge is 2.50. The summed E-state index contributed by atoms with van der Waals surface area (Å²) in [6, 6.07) is 29.3. The first-order chi connectivity index (χ1) is 18.5. The molecular formula is C31H34O7. The molecule has 0 aromatic heterocycles. The van der Waals surface area contributed by atoms with Crippen molar-refractivity contribution in [3.05, 3.63) is 108 Å². The minimum absolute atomic E-state index is 0.163. The normalized spacial score (nSPS) is 22.9. The van der Waals surface area contributed by atoms with Crippen molar-refractivity contribution in [2.45, 2.75) is 64.0 Å². The van der Waals surface area contributed by atoms with Crippen LogP contribution >= 0.6 is 0 Å². The molecule has 0 unspecified atom stereocenters. The average Bonchev–Trinajstić information content (AvgIpc) is 2.91. The van der Waals surface area contributed by atoms with Crippen LogP contribution in [-0.2, 0) is 52.9 Å². The van der Waals surface area contributed by atoms with Crippen molar-refractivity contribution < 1.29 is 33.3 Å². The predicted octanol–water partition coefficient (Wildman–Crippen LogP) is 4.66. The summed E-state index contributed by atoms with van der Waals surface area (Å²) in [4.78, 5) is 24.4. The average molecular weight is 519 g/mol. The topological polar surface area (TPSA) is 80.3 Å². The summed E-state index contributed by atoms with van der Waals surface area (Å²) in [5.41, 5.74) is 2.98.